The average Bonchev–Trinajstić information content (AvgIpc) is 2.98. The first-order valence-electron chi connectivity index (χ1n) is 8.42. The zero-order valence-electron chi connectivity index (χ0n) is 15.4. The minimum atomic E-state index is -4.61. The van der Waals surface area contributed by atoms with E-state index in [1.54, 1.807) is 11.9 Å². The molecule has 1 amide bonds. The number of nitrogen functional groups attached to an aromatic ring is 1. The molecule has 0 saturated heterocycles. The van der Waals surface area contributed by atoms with Gasteiger partial charge in [0.1, 0.15) is 11.9 Å². The molecule has 2 aromatic rings. The number of anilines is 4. The topological polar surface area (TPSA) is 117 Å². The van der Waals surface area contributed by atoms with Crippen LogP contribution in [0.4, 0.5) is 35.9 Å². The summed E-state index contributed by atoms with van der Waals surface area (Å²) in [4.78, 5) is 15.7. The monoisotopic (exact) mass is 429 g/mol. The van der Waals surface area contributed by atoms with Crippen molar-refractivity contribution in [3.63, 3.8) is 0 Å². The Labute approximate surface area is 164 Å². The van der Waals surface area contributed by atoms with E-state index >= 15 is 0 Å². The number of pyridine rings is 1. The second-order valence-corrected chi connectivity index (χ2v) is 8.63. The molecule has 1 aromatic carbocycles. The number of carbonyl (C=O) groups is 1. The van der Waals surface area contributed by atoms with Crippen LogP contribution >= 0.6 is 0 Å². The van der Waals surface area contributed by atoms with Crippen molar-refractivity contribution in [2.24, 2.45) is 0 Å². The van der Waals surface area contributed by atoms with Crippen LogP contribution in [0.2, 0.25) is 0 Å². The zero-order chi connectivity index (χ0) is 21.6. The van der Waals surface area contributed by atoms with E-state index in [-0.39, 0.29) is 33.3 Å². The summed E-state index contributed by atoms with van der Waals surface area (Å²) in [5.74, 6) is -0.215. The summed E-state index contributed by atoms with van der Waals surface area (Å²) in [5.41, 5.74) is 5.88. The van der Waals surface area contributed by atoms with E-state index in [1.165, 1.54) is 19.1 Å². The van der Waals surface area contributed by atoms with Gasteiger partial charge < -0.3 is 21.3 Å². The number of hydrogen-bond acceptors (Lipinski definition) is 7. The van der Waals surface area contributed by atoms with Crippen LogP contribution in [0, 0.1) is 0 Å². The van der Waals surface area contributed by atoms with Gasteiger partial charge in [-0.2, -0.15) is 13.2 Å². The first kappa shape index (κ1) is 20.7. The Morgan fingerprint density at radius 2 is 2.03 bits per heavy atom. The van der Waals surface area contributed by atoms with Gasteiger partial charge in [-0.1, -0.05) is 6.92 Å². The number of halogens is 3. The van der Waals surface area contributed by atoms with Crippen molar-refractivity contribution in [2.45, 2.75) is 24.2 Å². The van der Waals surface area contributed by atoms with Gasteiger partial charge in [0, 0.05) is 12.6 Å². The largest absolute Gasteiger partial charge is 0.433 e. The predicted octanol–water partition coefficient (Wildman–Crippen LogP) is 2.61. The van der Waals surface area contributed by atoms with Crippen molar-refractivity contribution in [1.29, 1.82) is 0 Å². The lowest BCUT2D eigenvalue weighted by molar-refractivity contribution is -0.141. The fraction of sp³-hybridized carbons (Fsp3) is 0.294. The van der Waals surface area contributed by atoms with Crippen LogP contribution in [0.25, 0.3) is 0 Å². The highest BCUT2D eigenvalue weighted by molar-refractivity contribution is 7.91. The number of hydrogen-bond donors (Lipinski definition) is 3. The number of nitrogens with one attached hydrogen (secondary N) is 2. The molecule has 1 aliphatic rings. The Morgan fingerprint density at radius 1 is 1.34 bits per heavy atom. The SMILES string of the molecule is CCS(=O)(=O)c1cc(NC=O)c(N)cc1C1Nc2cc(C(F)(F)F)ncc2N1C. The van der Waals surface area contributed by atoms with Crippen LogP contribution in [0.1, 0.15) is 24.3 Å². The highest BCUT2D eigenvalue weighted by Gasteiger charge is 2.37. The van der Waals surface area contributed by atoms with Gasteiger partial charge in [0.25, 0.3) is 0 Å². The summed E-state index contributed by atoms with van der Waals surface area (Å²) < 4.78 is 64.2. The van der Waals surface area contributed by atoms with Gasteiger partial charge in [0.05, 0.1) is 39.6 Å². The van der Waals surface area contributed by atoms with E-state index < -0.39 is 27.9 Å². The molecule has 1 aliphatic heterocycles. The van der Waals surface area contributed by atoms with Crippen LogP contribution in [0.15, 0.2) is 29.3 Å². The van der Waals surface area contributed by atoms with Crippen molar-refractivity contribution in [2.75, 3.05) is 34.1 Å². The number of alkyl halides is 3. The Bertz CT molecular complexity index is 1070. The zero-order valence-corrected chi connectivity index (χ0v) is 16.2. The number of aromatic nitrogens is 1. The molecule has 1 unspecified atom stereocenters. The number of rotatable bonds is 5. The molecule has 29 heavy (non-hydrogen) atoms. The molecule has 0 radical (unpaired) electrons. The molecule has 0 bridgehead atoms. The Hall–Kier alpha value is -3.02. The Morgan fingerprint density at radius 3 is 2.62 bits per heavy atom. The fourth-order valence-electron chi connectivity index (χ4n) is 3.11. The molecule has 156 valence electrons. The summed E-state index contributed by atoms with van der Waals surface area (Å²) >= 11 is 0. The van der Waals surface area contributed by atoms with Crippen molar-refractivity contribution >= 4 is 39.0 Å². The van der Waals surface area contributed by atoms with Gasteiger partial charge in [0.15, 0.2) is 9.84 Å². The van der Waals surface area contributed by atoms with Gasteiger partial charge in [0.2, 0.25) is 6.41 Å². The molecule has 0 spiro atoms. The second kappa shape index (κ2) is 7.10. The number of benzene rings is 1. The van der Waals surface area contributed by atoms with E-state index in [4.69, 9.17) is 5.73 Å². The van der Waals surface area contributed by atoms with Gasteiger partial charge in [-0.3, -0.25) is 4.79 Å². The predicted molar refractivity (Wildman–Crippen MR) is 102 cm³/mol. The van der Waals surface area contributed by atoms with Crippen LogP contribution in [0.3, 0.4) is 0 Å². The lowest BCUT2D eigenvalue weighted by Crippen LogP contribution is -2.26. The molecular weight excluding hydrogens is 411 g/mol. The molecule has 2 heterocycles. The third-order valence-electron chi connectivity index (χ3n) is 4.64. The van der Waals surface area contributed by atoms with E-state index in [1.807, 2.05) is 0 Å². The average molecular weight is 429 g/mol. The van der Waals surface area contributed by atoms with Crippen LogP contribution in [0.5, 0.6) is 0 Å². The fourth-order valence-corrected chi connectivity index (χ4v) is 4.25. The van der Waals surface area contributed by atoms with Crippen molar-refractivity contribution in [1.82, 2.24) is 4.98 Å². The standard InChI is InChI=1S/C17H18F3N5O3S/c1-3-29(27,28)14-5-11(23-8-26)10(21)4-9(14)16-24-12-6-15(17(18,19)20)22-7-13(12)25(16)2/h4-8,16,24H,3,21H2,1-2H3,(H,23,26). The number of amides is 1. The molecule has 0 fully saturated rings. The molecule has 4 N–H and O–H groups in total. The Balaban J connectivity index is 2.13. The molecule has 0 saturated carbocycles. The molecular formula is C17H18F3N5O3S. The van der Waals surface area contributed by atoms with Gasteiger partial charge in [-0.15, -0.1) is 0 Å². The minimum absolute atomic E-state index is 0.0836. The van der Waals surface area contributed by atoms with E-state index in [0.717, 1.165) is 12.3 Å². The normalized spacial score (nSPS) is 16.3. The first-order valence-corrected chi connectivity index (χ1v) is 10.1. The van der Waals surface area contributed by atoms with E-state index in [2.05, 4.69) is 15.6 Å². The van der Waals surface area contributed by atoms with Crippen molar-refractivity contribution in [3.8, 4) is 0 Å². The summed E-state index contributed by atoms with van der Waals surface area (Å²) in [6, 6.07) is 3.49. The van der Waals surface area contributed by atoms with Crippen LogP contribution in [-0.2, 0) is 20.8 Å². The molecule has 1 aromatic heterocycles. The molecule has 12 heteroatoms. The Kier molecular flexibility index (Phi) is 5.07. The lowest BCUT2D eigenvalue weighted by Gasteiger charge is -2.25. The number of nitrogens with zero attached hydrogens (tertiary/aromatic N) is 2. The van der Waals surface area contributed by atoms with Gasteiger partial charge in [-0.05, 0) is 18.2 Å². The van der Waals surface area contributed by atoms with Crippen molar-refractivity contribution < 1.29 is 26.4 Å². The number of fused-ring (bicyclic) bond motifs is 1. The smallest absolute Gasteiger partial charge is 0.397 e. The maximum Gasteiger partial charge on any atom is 0.433 e. The third kappa shape index (κ3) is 3.67. The van der Waals surface area contributed by atoms with Gasteiger partial charge >= 0.3 is 6.18 Å². The highest BCUT2D eigenvalue weighted by Crippen LogP contribution is 2.44. The van der Waals surface area contributed by atoms with Gasteiger partial charge in [-0.25, -0.2) is 13.4 Å². The first-order chi connectivity index (χ1) is 13.5. The maximum absolute atomic E-state index is 13.0. The molecule has 3 rings (SSSR count). The van der Waals surface area contributed by atoms with Crippen LogP contribution < -0.4 is 21.3 Å². The third-order valence-corrected chi connectivity index (χ3v) is 6.42. The lowest BCUT2D eigenvalue weighted by atomic mass is 10.1. The second-order valence-electron chi connectivity index (χ2n) is 6.39. The number of carbonyl (C=O) groups excluding carboxylic acids is 1. The summed E-state index contributed by atoms with van der Waals surface area (Å²) in [6.07, 6.45) is -3.98. The summed E-state index contributed by atoms with van der Waals surface area (Å²) in [7, 11) is -2.15. The quantitative estimate of drug-likeness (QED) is 0.494. The summed E-state index contributed by atoms with van der Waals surface area (Å²) in [5, 5.41) is 5.25. The van der Waals surface area contributed by atoms with E-state index in [9.17, 15) is 26.4 Å². The van der Waals surface area contributed by atoms with Crippen LogP contribution in [-0.4, -0.2) is 32.6 Å². The number of nitrogens with two attached hydrogens (primary N) is 1. The highest BCUT2D eigenvalue weighted by atomic mass is 32.2. The molecule has 0 aliphatic carbocycles. The minimum Gasteiger partial charge on any atom is -0.397 e. The maximum atomic E-state index is 13.0. The molecule has 1 atom stereocenters. The summed E-state index contributed by atoms with van der Waals surface area (Å²) in [6.45, 7) is 1.46. The number of sulfone groups is 1. The van der Waals surface area contributed by atoms with E-state index in [0.29, 0.717) is 12.1 Å². The van der Waals surface area contributed by atoms with Crippen molar-refractivity contribution in [3.05, 3.63) is 35.7 Å². The molecule has 8 nitrogen and oxygen atoms in total.